The van der Waals surface area contributed by atoms with E-state index >= 15 is 0 Å². The third-order valence-electron chi connectivity index (χ3n) is 6.86. The molecule has 2 amide bonds. The molecule has 1 fully saturated rings. The maximum atomic E-state index is 12.8. The zero-order chi connectivity index (χ0) is 31.8. The molecule has 1 aromatic rings. The van der Waals surface area contributed by atoms with Crippen molar-refractivity contribution in [2.75, 3.05) is 85.6 Å². The first-order valence-corrected chi connectivity index (χ1v) is 13.9. The molecule has 4 N–H and O–H groups in total. The number of aliphatic carboxylic acids is 3. The van der Waals surface area contributed by atoms with E-state index in [4.69, 9.17) is 5.73 Å². The van der Waals surface area contributed by atoms with Crippen LogP contribution < -0.4 is 31.9 Å². The number of rotatable bonds is 14. The van der Waals surface area contributed by atoms with Crippen molar-refractivity contribution in [1.82, 2.24) is 30.4 Å². The summed E-state index contributed by atoms with van der Waals surface area (Å²) >= 11 is 0. The molecule has 2 rings (SSSR count). The minimum Gasteiger partial charge on any atom is -0.549 e. The van der Waals surface area contributed by atoms with E-state index in [9.17, 15) is 39.3 Å². The molecular weight excluding hydrogens is 724 g/mol. The van der Waals surface area contributed by atoms with E-state index < -0.39 is 29.9 Å². The third kappa shape index (κ3) is 16.6. The van der Waals surface area contributed by atoms with Crippen LogP contribution in [-0.2, 0) is 41.8 Å². The number of hydrogen-bond donors (Lipinski definition) is 3. The average Bonchev–Trinajstić information content (AvgIpc) is 2.93. The molecule has 1 aliphatic rings. The average molecular weight is 764 g/mol. The monoisotopic (exact) mass is 764 g/mol. The van der Waals surface area contributed by atoms with Gasteiger partial charge < -0.3 is 40.8 Å². The summed E-state index contributed by atoms with van der Waals surface area (Å²) in [4.78, 5) is 69.6. The summed E-state index contributed by atoms with van der Waals surface area (Å²) in [7, 11) is 1.32. The first kappa shape index (κ1) is 39.7. The molecule has 1 aromatic carbocycles. The Bertz CT molecular complexity index is 1050. The van der Waals surface area contributed by atoms with Crippen LogP contribution in [0.2, 0.25) is 0 Å². The Morgan fingerprint density at radius 2 is 1.09 bits per heavy atom. The molecule has 17 heteroatoms. The van der Waals surface area contributed by atoms with Crippen molar-refractivity contribution in [1.29, 1.82) is 0 Å². The summed E-state index contributed by atoms with van der Waals surface area (Å²) in [6.07, 6.45) is 0.301. The Labute approximate surface area is 288 Å². The predicted molar refractivity (Wildman–Crippen MR) is 146 cm³/mol. The smallest absolute Gasteiger partial charge is 0.549 e. The fourth-order valence-corrected chi connectivity index (χ4v) is 4.53. The second kappa shape index (κ2) is 21.4. The van der Waals surface area contributed by atoms with Crippen molar-refractivity contribution < 1.29 is 84.1 Å². The Balaban J connectivity index is 0.00000968. The summed E-state index contributed by atoms with van der Waals surface area (Å²) in [5, 5.41) is 36.7. The van der Waals surface area contributed by atoms with E-state index in [2.05, 4.69) is 15.6 Å². The van der Waals surface area contributed by atoms with Gasteiger partial charge in [-0.1, -0.05) is 24.3 Å². The topological polar surface area (TPSA) is 227 Å². The minimum absolute atomic E-state index is 0. The van der Waals surface area contributed by atoms with E-state index in [0.29, 0.717) is 19.5 Å². The van der Waals surface area contributed by atoms with Gasteiger partial charge in [-0.2, -0.15) is 0 Å². The largest absolute Gasteiger partial charge is 3.00 e. The van der Waals surface area contributed by atoms with Gasteiger partial charge in [0.25, 0.3) is 5.91 Å². The Morgan fingerprint density at radius 1 is 0.727 bits per heavy atom. The number of carbonyl (C=O) groups excluding carboxylic acids is 5. The Morgan fingerprint density at radius 3 is 1.45 bits per heavy atom. The molecule has 0 aromatic heterocycles. The Kier molecular flexibility index (Phi) is 19.3. The summed E-state index contributed by atoms with van der Waals surface area (Å²) in [6, 6.07) is 6.46. The normalized spacial score (nSPS) is 16.9. The number of hydroxylamine groups is 1. The van der Waals surface area contributed by atoms with Gasteiger partial charge >= 0.3 is 39.9 Å². The number of nitrogens with two attached hydrogens (primary N) is 1. The van der Waals surface area contributed by atoms with E-state index in [1.807, 2.05) is 24.3 Å². The van der Waals surface area contributed by atoms with Gasteiger partial charge in [-0.15, -0.1) is 0 Å². The molecular formula is C27H40GdN7O9. The number of carboxylic acids is 3. The van der Waals surface area contributed by atoms with Crippen LogP contribution in [0.1, 0.15) is 11.1 Å². The maximum absolute atomic E-state index is 12.8. The number of carboxylic acid groups (broad SMARTS) is 3. The van der Waals surface area contributed by atoms with Crippen molar-refractivity contribution in [3.8, 4) is 0 Å². The molecule has 245 valence electrons. The van der Waals surface area contributed by atoms with Gasteiger partial charge in [0.05, 0.1) is 37.6 Å². The molecule has 44 heavy (non-hydrogen) atoms. The van der Waals surface area contributed by atoms with E-state index in [1.54, 1.807) is 19.6 Å². The molecule has 0 unspecified atom stereocenters. The first-order chi connectivity index (χ1) is 20.4. The fourth-order valence-electron chi connectivity index (χ4n) is 4.53. The van der Waals surface area contributed by atoms with Crippen LogP contribution in [0.25, 0.3) is 0 Å². The summed E-state index contributed by atoms with van der Waals surface area (Å²) in [5.41, 5.74) is 9.70. The van der Waals surface area contributed by atoms with Gasteiger partial charge in [-0.3, -0.25) is 34.0 Å². The quantitative estimate of drug-likeness (QED) is 0.150. The molecule has 1 aliphatic heterocycles. The van der Waals surface area contributed by atoms with E-state index in [0.717, 1.165) is 11.1 Å². The Hall–Kier alpha value is -2.35. The third-order valence-corrected chi connectivity index (χ3v) is 6.86. The van der Waals surface area contributed by atoms with Crippen LogP contribution in [0, 0.1) is 39.9 Å². The predicted octanol–water partition coefficient (Wildman–Crippen LogP) is -6.68. The van der Waals surface area contributed by atoms with Crippen LogP contribution in [-0.4, -0.2) is 141 Å². The minimum atomic E-state index is -1.30. The second-order valence-corrected chi connectivity index (χ2v) is 10.3. The van der Waals surface area contributed by atoms with Gasteiger partial charge in [0.2, 0.25) is 5.91 Å². The molecule has 1 saturated heterocycles. The molecule has 0 spiro atoms. The molecule has 0 bridgehead atoms. The summed E-state index contributed by atoms with van der Waals surface area (Å²) in [6.45, 7) is 1.09. The van der Waals surface area contributed by atoms with Crippen LogP contribution in [0.4, 0.5) is 0 Å². The van der Waals surface area contributed by atoms with Gasteiger partial charge in [-0.25, -0.2) is 5.48 Å². The summed E-state index contributed by atoms with van der Waals surface area (Å²) < 4.78 is 0. The molecule has 0 aliphatic carbocycles. The first-order valence-electron chi connectivity index (χ1n) is 13.9. The van der Waals surface area contributed by atoms with Gasteiger partial charge in [-0.05, 0) is 17.5 Å². The molecule has 1 atom stereocenters. The van der Waals surface area contributed by atoms with Crippen molar-refractivity contribution in [2.24, 2.45) is 5.73 Å². The zero-order valence-corrected chi connectivity index (χ0v) is 26.9. The number of amides is 2. The molecule has 0 saturated carbocycles. The number of benzene rings is 1. The fraction of sp³-hybridized carbons (Fsp3) is 0.593. The van der Waals surface area contributed by atoms with Crippen LogP contribution in [0.5, 0.6) is 0 Å². The van der Waals surface area contributed by atoms with Crippen molar-refractivity contribution in [2.45, 2.75) is 19.0 Å². The number of nitrogens with one attached hydrogen (secondary N) is 2. The molecule has 1 radical (unpaired) electrons. The van der Waals surface area contributed by atoms with E-state index in [1.165, 1.54) is 7.11 Å². The van der Waals surface area contributed by atoms with Crippen LogP contribution in [0.3, 0.4) is 0 Å². The van der Waals surface area contributed by atoms with E-state index in [-0.39, 0.29) is 118 Å². The zero-order valence-electron chi connectivity index (χ0n) is 24.7. The van der Waals surface area contributed by atoms with Crippen molar-refractivity contribution in [3.63, 3.8) is 0 Å². The van der Waals surface area contributed by atoms with Crippen molar-refractivity contribution >= 4 is 29.7 Å². The summed E-state index contributed by atoms with van der Waals surface area (Å²) in [5.74, 6) is -4.59. The van der Waals surface area contributed by atoms with Gasteiger partial charge in [0.1, 0.15) is 0 Å². The molecule has 1 heterocycles. The number of carbonyl (C=O) groups is 5. The van der Waals surface area contributed by atoms with Crippen molar-refractivity contribution in [3.05, 3.63) is 35.4 Å². The second-order valence-electron chi connectivity index (χ2n) is 10.3. The number of hydrogen-bond acceptors (Lipinski definition) is 14. The molecule has 16 nitrogen and oxygen atoms in total. The van der Waals surface area contributed by atoms with Gasteiger partial charge in [0, 0.05) is 78.5 Å². The maximum Gasteiger partial charge on any atom is 3.00 e. The SMILES string of the molecule is CONC(=O)[C@@H](N)Cc1ccc(CNC(=O)CN2CCN(CC(=O)[O-])CCN(CC(=O)[O-])CCN(CC(=O)[O-])CC2)cc1.[Gd+3]. The van der Waals surface area contributed by atoms with Crippen LogP contribution in [0.15, 0.2) is 24.3 Å². The number of nitrogens with zero attached hydrogens (tertiary/aromatic N) is 4. The van der Waals surface area contributed by atoms with Crippen LogP contribution >= 0.6 is 0 Å². The van der Waals surface area contributed by atoms with Gasteiger partial charge in [0.15, 0.2) is 0 Å². The standard InChI is InChI=1S/C27H43N7O9.Gd/c1-43-30-27(42)22(28)14-20-2-4-21(5-3-20)15-29-23(35)16-31-6-8-32(17-24(36)37)10-12-34(19-26(40)41)13-11-33(9-7-31)18-25(38)39;/h2-5,22H,6-19,28H2,1H3,(H,29,35)(H,30,42)(H,36,37)(H,38,39)(H,40,41);/q;+3/p-3/t22-;/m0./s1.